The molecule has 0 aromatic rings. The molecule has 0 aromatic carbocycles. The smallest absolute Gasteiger partial charge is 0.173 e. The van der Waals surface area contributed by atoms with E-state index in [1.165, 1.54) is 6.08 Å². The maximum Gasteiger partial charge on any atom is 0.173 e. The topological polar surface area (TPSA) is 58.0 Å². The quantitative estimate of drug-likeness (QED) is 0.648. The highest BCUT2D eigenvalue weighted by molar-refractivity contribution is 8.38. The van der Waals surface area contributed by atoms with Gasteiger partial charge in [0.15, 0.2) is 9.46 Å². The van der Waals surface area contributed by atoms with Crippen LogP contribution in [0.15, 0.2) is 23.8 Å². The average Bonchev–Trinajstić information content (AvgIpc) is 1.92. The summed E-state index contributed by atoms with van der Waals surface area (Å²) in [6, 6.07) is 0. The lowest BCUT2D eigenvalue weighted by Crippen LogP contribution is -2.24. The lowest BCUT2D eigenvalue weighted by molar-refractivity contribution is 0.610. The van der Waals surface area contributed by atoms with Crippen LogP contribution in [0.25, 0.3) is 0 Å². The molecule has 0 aromatic heterocycles. The number of hydrogen-bond acceptors (Lipinski definition) is 3. The first-order chi connectivity index (χ1) is 5.41. The van der Waals surface area contributed by atoms with E-state index in [4.69, 9.17) is 5.41 Å². The van der Waals surface area contributed by atoms with Crippen LogP contribution in [0.4, 0.5) is 0 Å². The van der Waals surface area contributed by atoms with Gasteiger partial charge in [0.05, 0.1) is 5.71 Å². The summed E-state index contributed by atoms with van der Waals surface area (Å²) in [5.41, 5.74) is 0.998. The second-order valence-electron chi connectivity index (χ2n) is 2.71. The normalized spacial score (nSPS) is 24.0. The summed E-state index contributed by atoms with van der Waals surface area (Å²) in [7, 11) is -1.47. The van der Waals surface area contributed by atoms with Crippen LogP contribution in [-0.2, 0) is 9.46 Å². The van der Waals surface area contributed by atoms with Crippen LogP contribution in [0.3, 0.4) is 0 Å². The summed E-state index contributed by atoms with van der Waals surface area (Å²) >= 11 is 0. The Balaban J connectivity index is 3.09. The Morgan fingerprint density at radius 1 is 1.50 bits per heavy atom. The molecule has 0 amide bonds. The van der Waals surface area contributed by atoms with Crippen LogP contribution in [0, 0.1) is 5.41 Å². The highest BCUT2D eigenvalue weighted by atomic mass is 32.7. The third-order valence-electron chi connectivity index (χ3n) is 1.60. The predicted molar refractivity (Wildman–Crippen MR) is 53.0 cm³/mol. The molecule has 0 bridgehead atoms. The lowest BCUT2D eigenvalue weighted by atomic mass is 10.1. The van der Waals surface area contributed by atoms with Gasteiger partial charge in [0.1, 0.15) is 5.25 Å². The van der Waals surface area contributed by atoms with E-state index >= 15 is 0 Å². The zero-order valence-corrected chi connectivity index (χ0v) is 8.58. The molecule has 0 radical (unpaired) electrons. The largest absolute Gasteiger partial charge is 0.304 e. The molecule has 0 heterocycles. The molecule has 0 spiro atoms. The van der Waals surface area contributed by atoms with Crippen molar-refractivity contribution in [3.05, 3.63) is 23.8 Å². The molecule has 0 aliphatic heterocycles. The number of nitrogens with one attached hydrogen (secondary N) is 1. The Hall–Kier alpha value is -0.470. The van der Waals surface area contributed by atoms with Crippen molar-refractivity contribution in [3.8, 4) is 0 Å². The van der Waals surface area contributed by atoms with E-state index in [1.54, 1.807) is 20.6 Å². The summed E-state index contributed by atoms with van der Waals surface area (Å²) in [5.74, 6) is 0. The Labute approximate surface area is 73.9 Å². The highest BCUT2D eigenvalue weighted by Gasteiger charge is 2.23. The number of allylic oxidation sites excluding steroid dienone is 3. The maximum atomic E-state index is 11.1. The Morgan fingerprint density at radius 2 is 2.08 bits per heavy atom. The summed E-state index contributed by atoms with van der Waals surface area (Å²) in [6.07, 6.45) is 4.82. The van der Waals surface area contributed by atoms with E-state index in [0.717, 1.165) is 5.57 Å². The van der Waals surface area contributed by atoms with E-state index in [9.17, 15) is 8.42 Å². The molecule has 1 rings (SSSR count). The van der Waals surface area contributed by atoms with Gasteiger partial charge < -0.3 is 5.41 Å². The summed E-state index contributed by atoms with van der Waals surface area (Å²) in [5, 5.41) is 6.58. The van der Waals surface area contributed by atoms with Gasteiger partial charge in [-0.25, -0.2) is 8.42 Å². The fourth-order valence-electron chi connectivity index (χ4n) is 0.972. The second kappa shape index (κ2) is 3.11. The van der Waals surface area contributed by atoms with Crippen molar-refractivity contribution in [1.82, 2.24) is 0 Å². The van der Waals surface area contributed by atoms with E-state index in [-0.39, 0.29) is 5.71 Å². The minimum Gasteiger partial charge on any atom is -0.304 e. The van der Waals surface area contributed by atoms with Gasteiger partial charge in [-0.2, -0.15) is 0 Å². The van der Waals surface area contributed by atoms with Crippen LogP contribution >= 0.6 is 8.44 Å². The number of hydrogen-bond donors (Lipinski definition) is 1. The molecule has 1 N–H and O–H groups in total. The van der Waals surface area contributed by atoms with Crippen molar-refractivity contribution in [2.24, 2.45) is 0 Å². The molecular weight excluding hydrogens is 193 g/mol. The first-order valence-electron chi connectivity index (χ1n) is 3.38. The van der Waals surface area contributed by atoms with Crippen molar-refractivity contribution < 1.29 is 8.42 Å². The summed E-state index contributed by atoms with van der Waals surface area (Å²) in [4.78, 5) is 0. The van der Waals surface area contributed by atoms with E-state index in [2.05, 4.69) is 0 Å². The molecule has 5 heteroatoms. The van der Waals surface area contributed by atoms with Crippen LogP contribution in [0.5, 0.6) is 0 Å². The van der Waals surface area contributed by atoms with Gasteiger partial charge in [0, 0.05) is 0 Å². The van der Waals surface area contributed by atoms with Crippen molar-refractivity contribution >= 4 is 23.6 Å². The van der Waals surface area contributed by atoms with Crippen molar-refractivity contribution in [2.45, 2.75) is 12.2 Å². The van der Waals surface area contributed by atoms with Crippen LogP contribution in [-0.4, -0.2) is 19.4 Å². The van der Waals surface area contributed by atoms with Crippen LogP contribution in [0.2, 0.25) is 0 Å². The van der Waals surface area contributed by atoms with E-state index < -0.39 is 14.7 Å². The Morgan fingerprint density at radius 3 is 2.50 bits per heavy atom. The van der Waals surface area contributed by atoms with E-state index in [0.29, 0.717) is 0 Å². The zero-order valence-electron chi connectivity index (χ0n) is 6.61. The monoisotopic (exact) mass is 203 g/mol. The summed E-state index contributed by atoms with van der Waals surface area (Å²) < 4.78 is 22.2. The van der Waals surface area contributed by atoms with Crippen molar-refractivity contribution in [1.29, 1.82) is 5.41 Å². The zero-order chi connectivity index (χ0) is 9.35. The lowest BCUT2D eigenvalue weighted by Gasteiger charge is -2.13. The van der Waals surface area contributed by atoms with Crippen molar-refractivity contribution in [3.63, 3.8) is 0 Å². The molecule has 1 aliphatic rings. The fourth-order valence-corrected chi connectivity index (χ4v) is 2.48. The average molecular weight is 203 g/mol. The minimum absolute atomic E-state index is 0.121. The third kappa shape index (κ3) is 2.02. The third-order valence-corrected chi connectivity index (χ3v) is 3.58. The SMILES string of the molecule is CC1=CC(S(=O)(=O)P)C(=N)C=C1. The Bertz CT molecular complexity index is 367. The standard InChI is InChI=1S/C7H10NO2PS/c1-5-2-3-6(8)7(4-5)12(9,10)11/h2-4,7-8H,11H2,1H3. The first kappa shape index (κ1) is 9.62. The van der Waals surface area contributed by atoms with Gasteiger partial charge >= 0.3 is 0 Å². The second-order valence-corrected chi connectivity index (χ2v) is 6.37. The van der Waals surface area contributed by atoms with Gasteiger partial charge in [-0.05, 0) is 21.4 Å². The molecule has 0 saturated carbocycles. The van der Waals surface area contributed by atoms with Gasteiger partial charge in [0.25, 0.3) is 0 Å². The first-order valence-corrected chi connectivity index (χ1v) is 6.40. The Kier molecular flexibility index (Phi) is 2.49. The van der Waals surface area contributed by atoms with Gasteiger partial charge in [-0.1, -0.05) is 17.7 Å². The molecular formula is C7H10NO2PS. The van der Waals surface area contributed by atoms with Crippen molar-refractivity contribution in [2.75, 3.05) is 0 Å². The molecule has 2 atom stereocenters. The molecule has 12 heavy (non-hydrogen) atoms. The molecule has 0 fully saturated rings. The number of rotatable bonds is 1. The predicted octanol–water partition coefficient (Wildman–Crippen LogP) is 1.10. The summed E-state index contributed by atoms with van der Waals surface area (Å²) in [6.45, 7) is 1.81. The van der Waals surface area contributed by atoms with Gasteiger partial charge in [-0.15, -0.1) is 0 Å². The maximum absolute atomic E-state index is 11.1. The molecule has 2 unspecified atom stereocenters. The van der Waals surface area contributed by atoms with Crippen LogP contribution in [0.1, 0.15) is 6.92 Å². The molecule has 1 aliphatic carbocycles. The molecule has 66 valence electrons. The highest BCUT2D eigenvalue weighted by Crippen LogP contribution is 2.19. The van der Waals surface area contributed by atoms with E-state index in [1.807, 2.05) is 6.92 Å². The van der Waals surface area contributed by atoms with Gasteiger partial charge in [0.2, 0.25) is 0 Å². The van der Waals surface area contributed by atoms with Gasteiger partial charge in [-0.3, -0.25) is 0 Å². The molecule has 0 saturated heterocycles. The molecule has 3 nitrogen and oxygen atoms in total. The van der Waals surface area contributed by atoms with Crippen LogP contribution < -0.4 is 0 Å². The minimum atomic E-state index is -3.24. The fraction of sp³-hybridized carbons (Fsp3) is 0.286.